The number of sulfonamides is 1. The molecule has 0 amide bonds. The minimum Gasteiger partial charge on any atom is -0.433 e. The zero-order valence-corrected chi connectivity index (χ0v) is 8.59. The zero-order valence-electron chi connectivity index (χ0n) is 7.78. The molecule has 7 heteroatoms. The molecule has 0 aliphatic rings. The molecule has 2 N–H and O–H groups in total. The second kappa shape index (κ2) is 4.11. The minimum absolute atomic E-state index is 0.442. The van der Waals surface area contributed by atoms with Crippen LogP contribution in [0.25, 0.3) is 0 Å². The lowest BCUT2D eigenvalue weighted by Crippen LogP contribution is -2.15. The lowest BCUT2D eigenvalue weighted by Gasteiger charge is -2.09. The third-order valence-electron chi connectivity index (χ3n) is 1.62. The number of primary sulfonamides is 1. The summed E-state index contributed by atoms with van der Waals surface area (Å²) < 4.78 is 50.0. The molecule has 84 valence electrons. The highest BCUT2D eigenvalue weighted by Gasteiger charge is 2.17. The summed E-state index contributed by atoms with van der Waals surface area (Å²) in [4.78, 5) is -0.442. The van der Waals surface area contributed by atoms with Crippen molar-refractivity contribution in [2.45, 2.75) is 18.4 Å². The van der Waals surface area contributed by atoms with Crippen LogP contribution < -0.4 is 9.88 Å². The topological polar surface area (TPSA) is 69.4 Å². The maximum absolute atomic E-state index is 11.9. The predicted octanol–water partition coefficient (Wildman–Crippen LogP) is 1.24. The van der Waals surface area contributed by atoms with E-state index in [4.69, 9.17) is 5.14 Å². The van der Waals surface area contributed by atoms with Crippen molar-refractivity contribution in [3.8, 4) is 5.75 Å². The van der Waals surface area contributed by atoms with Crippen molar-refractivity contribution in [1.29, 1.82) is 0 Å². The van der Waals surface area contributed by atoms with E-state index in [1.807, 2.05) is 0 Å². The molecule has 0 saturated heterocycles. The summed E-state index contributed by atoms with van der Waals surface area (Å²) in [6.45, 7) is -1.48. The van der Waals surface area contributed by atoms with Crippen LogP contribution in [0, 0.1) is 6.92 Å². The Hall–Kier alpha value is -1.21. The fourth-order valence-corrected chi connectivity index (χ4v) is 1.78. The first-order chi connectivity index (χ1) is 6.80. The number of alkyl halides is 2. The number of nitrogens with two attached hydrogens (primary N) is 1. The average Bonchev–Trinajstić information content (AvgIpc) is 2.05. The van der Waals surface area contributed by atoms with Gasteiger partial charge in [0.05, 0.1) is 0 Å². The fourth-order valence-electron chi connectivity index (χ4n) is 1.03. The first-order valence-electron chi connectivity index (χ1n) is 3.89. The minimum atomic E-state index is -4.06. The second-order valence-corrected chi connectivity index (χ2v) is 4.40. The summed E-state index contributed by atoms with van der Waals surface area (Å²) in [5, 5.41) is 4.85. The number of benzene rings is 1. The lowest BCUT2D eigenvalue weighted by atomic mass is 10.2. The van der Waals surface area contributed by atoms with Crippen molar-refractivity contribution < 1.29 is 21.9 Å². The van der Waals surface area contributed by atoms with Crippen LogP contribution in [0.4, 0.5) is 8.78 Å². The zero-order chi connectivity index (χ0) is 11.6. The van der Waals surface area contributed by atoms with Crippen LogP contribution in [-0.2, 0) is 10.0 Å². The Bertz CT molecular complexity index is 459. The Morgan fingerprint density at radius 2 is 2.00 bits per heavy atom. The van der Waals surface area contributed by atoms with Crippen molar-refractivity contribution in [2.24, 2.45) is 5.14 Å². The van der Waals surface area contributed by atoms with Gasteiger partial charge in [-0.2, -0.15) is 8.78 Å². The molecule has 0 radical (unpaired) electrons. The summed E-state index contributed by atoms with van der Waals surface area (Å²) >= 11 is 0. The summed E-state index contributed by atoms with van der Waals surface area (Å²) in [5.41, 5.74) is 0.584. The van der Waals surface area contributed by atoms with Crippen molar-refractivity contribution in [1.82, 2.24) is 0 Å². The van der Waals surface area contributed by atoms with Gasteiger partial charge in [-0.1, -0.05) is 6.07 Å². The Balaban J connectivity index is 3.27. The first kappa shape index (κ1) is 11.9. The van der Waals surface area contributed by atoms with Gasteiger partial charge in [0.2, 0.25) is 10.0 Å². The smallest absolute Gasteiger partial charge is 0.387 e. The van der Waals surface area contributed by atoms with E-state index in [0.29, 0.717) is 5.56 Å². The van der Waals surface area contributed by atoms with E-state index in [1.165, 1.54) is 12.1 Å². The molecule has 0 atom stereocenters. The quantitative estimate of drug-likeness (QED) is 0.859. The normalized spacial score (nSPS) is 11.8. The molecule has 1 rings (SSSR count). The Morgan fingerprint density at radius 1 is 1.40 bits per heavy atom. The Morgan fingerprint density at radius 3 is 2.47 bits per heavy atom. The van der Waals surface area contributed by atoms with Crippen molar-refractivity contribution >= 4 is 10.0 Å². The largest absolute Gasteiger partial charge is 0.433 e. The molecule has 0 aliphatic heterocycles. The maximum atomic E-state index is 11.9. The van der Waals surface area contributed by atoms with E-state index < -0.39 is 27.3 Å². The van der Waals surface area contributed by atoms with Gasteiger partial charge in [-0.15, -0.1) is 0 Å². The summed E-state index contributed by atoms with van der Waals surface area (Å²) in [7, 11) is -4.06. The summed E-state index contributed by atoms with van der Waals surface area (Å²) in [6.07, 6.45) is 0. The van der Waals surface area contributed by atoms with E-state index in [1.54, 1.807) is 6.92 Å². The van der Waals surface area contributed by atoms with Crippen LogP contribution in [0.2, 0.25) is 0 Å². The second-order valence-electron chi connectivity index (χ2n) is 2.87. The van der Waals surface area contributed by atoms with Gasteiger partial charge in [-0.3, -0.25) is 0 Å². The standard InChI is InChI=1S/C8H9F2NO3S/c1-5-2-3-6(14-8(9)10)7(4-5)15(11,12)13/h2-4,8H,1H3,(H2,11,12,13). The van der Waals surface area contributed by atoms with Gasteiger partial charge in [-0.05, 0) is 24.6 Å². The number of rotatable bonds is 3. The van der Waals surface area contributed by atoms with Crippen molar-refractivity contribution in [2.75, 3.05) is 0 Å². The van der Waals surface area contributed by atoms with Crippen LogP contribution >= 0.6 is 0 Å². The first-order valence-corrected chi connectivity index (χ1v) is 5.43. The van der Waals surface area contributed by atoms with E-state index in [2.05, 4.69) is 4.74 Å². The molecule has 0 saturated carbocycles. The molecule has 0 fully saturated rings. The summed E-state index contributed by atoms with van der Waals surface area (Å²) in [5.74, 6) is -0.446. The molecule has 4 nitrogen and oxygen atoms in total. The number of halogens is 2. The van der Waals surface area contributed by atoms with E-state index in [0.717, 1.165) is 6.07 Å². The van der Waals surface area contributed by atoms with Gasteiger partial charge in [0.1, 0.15) is 10.6 Å². The molecule has 0 bridgehead atoms. The number of hydrogen-bond acceptors (Lipinski definition) is 3. The van der Waals surface area contributed by atoms with Gasteiger partial charge in [0, 0.05) is 0 Å². The van der Waals surface area contributed by atoms with Crippen LogP contribution in [-0.4, -0.2) is 15.0 Å². The Kier molecular flexibility index (Phi) is 3.25. The van der Waals surface area contributed by atoms with Crippen molar-refractivity contribution in [3.05, 3.63) is 23.8 Å². The molecule has 0 unspecified atom stereocenters. The fraction of sp³-hybridized carbons (Fsp3) is 0.250. The predicted molar refractivity (Wildman–Crippen MR) is 49.2 cm³/mol. The molecular formula is C8H9F2NO3S. The van der Waals surface area contributed by atoms with Gasteiger partial charge < -0.3 is 4.74 Å². The molecule has 1 aromatic rings. The monoisotopic (exact) mass is 237 g/mol. The van der Waals surface area contributed by atoms with E-state index in [-0.39, 0.29) is 0 Å². The third kappa shape index (κ3) is 3.14. The molecule has 0 heterocycles. The molecule has 0 aliphatic carbocycles. The van der Waals surface area contributed by atoms with Crippen molar-refractivity contribution in [3.63, 3.8) is 0 Å². The van der Waals surface area contributed by atoms with Gasteiger partial charge >= 0.3 is 6.61 Å². The lowest BCUT2D eigenvalue weighted by molar-refractivity contribution is -0.0517. The number of hydrogen-bond donors (Lipinski definition) is 1. The number of aryl methyl sites for hydroxylation is 1. The maximum Gasteiger partial charge on any atom is 0.387 e. The third-order valence-corrected chi connectivity index (χ3v) is 2.55. The van der Waals surface area contributed by atoms with Crippen LogP contribution in [0.1, 0.15) is 5.56 Å². The average molecular weight is 237 g/mol. The molecule has 0 spiro atoms. The SMILES string of the molecule is Cc1ccc(OC(F)F)c(S(N)(=O)=O)c1. The van der Waals surface area contributed by atoms with Gasteiger partial charge in [0.15, 0.2) is 0 Å². The number of ether oxygens (including phenoxy) is 1. The molecular weight excluding hydrogens is 228 g/mol. The van der Waals surface area contributed by atoms with Crippen LogP contribution in [0.15, 0.2) is 23.1 Å². The molecule has 1 aromatic carbocycles. The summed E-state index contributed by atoms with van der Waals surface area (Å²) in [6, 6.07) is 3.76. The van der Waals surface area contributed by atoms with Gasteiger partial charge in [0.25, 0.3) is 0 Å². The van der Waals surface area contributed by atoms with Crippen LogP contribution in [0.5, 0.6) is 5.75 Å². The highest BCUT2D eigenvalue weighted by Crippen LogP contribution is 2.25. The van der Waals surface area contributed by atoms with E-state index >= 15 is 0 Å². The van der Waals surface area contributed by atoms with Crippen LogP contribution in [0.3, 0.4) is 0 Å². The highest BCUT2D eigenvalue weighted by molar-refractivity contribution is 7.89. The van der Waals surface area contributed by atoms with Gasteiger partial charge in [-0.25, -0.2) is 13.6 Å². The van der Waals surface area contributed by atoms with E-state index in [9.17, 15) is 17.2 Å². The molecule has 0 aromatic heterocycles. The highest BCUT2D eigenvalue weighted by atomic mass is 32.2. The molecule has 15 heavy (non-hydrogen) atoms. The Labute approximate surface area is 85.7 Å².